The van der Waals surface area contributed by atoms with Crippen molar-refractivity contribution in [1.29, 1.82) is 0 Å². The van der Waals surface area contributed by atoms with Crippen molar-refractivity contribution in [3.05, 3.63) is 50.0 Å². The van der Waals surface area contributed by atoms with E-state index >= 15 is 0 Å². The normalized spacial score (nSPS) is 28.0. The SMILES string of the molecule is CC(C)c1nc2c(c3c1C(c1ccc(C(F)(F)F)s1)OC31CCCC1C)C(O)CC(C)(C)C2.CCC(C)C. The van der Waals surface area contributed by atoms with E-state index in [9.17, 15) is 18.3 Å². The molecule has 3 aliphatic rings. The van der Waals surface area contributed by atoms with Crippen LogP contribution in [0.15, 0.2) is 12.1 Å². The minimum Gasteiger partial charge on any atom is -0.388 e. The average molecular weight is 552 g/mol. The fraction of sp³-hybridized carbons (Fsp3) is 0.710. The minimum atomic E-state index is -4.38. The molecule has 7 heteroatoms. The summed E-state index contributed by atoms with van der Waals surface area (Å²) in [5, 5.41) is 11.3. The third-order valence-electron chi connectivity index (χ3n) is 8.63. The first kappa shape index (κ1) is 29.5. The molecule has 2 aromatic heterocycles. The lowest BCUT2D eigenvalue weighted by Gasteiger charge is -2.39. The Hall–Kier alpha value is -1.44. The van der Waals surface area contributed by atoms with Crippen molar-refractivity contribution in [2.45, 2.75) is 124 Å². The molecule has 1 aliphatic heterocycles. The van der Waals surface area contributed by atoms with E-state index in [2.05, 4.69) is 55.4 Å². The van der Waals surface area contributed by atoms with E-state index in [0.29, 0.717) is 11.3 Å². The fourth-order valence-corrected chi connectivity index (χ4v) is 7.28. The van der Waals surface area contributed by atoms with Gasteiger partial charge in [-0.15, -0.1) is 11.3 Å². The highest BCUT2D eigenvalue weighted by molar-refractivity contribution is 7.12. The Kier molecular flexibility index (Phi) is 8.17. The van der Waals surface area contributed by atoms with Gasteiger partial charge in [-0.2, -0.15) is 13.2 Å². The first-order valence-electron chi connectivity index (χ1n) is 14.2. The largest absolute Gasteiger partial charge is 0.425 e. The summed E-state index contributed by atoms with van der Waals surface area (Å²) in [7, 11) is 0. The number of aromatic nitrogens is 1. The average Bonchev–Trinajstić information content (AvgIpc) is 3.51. The lowest BCUT2D eigenvalue weighted by molar-refractivity contribution is -0.134. The number of aliphatic hydroxyl groups is 1. The van der Waals surface area contributed by atoms with Gasteiger partial charge in [0.2, 0.25) is 0 Å². The topological polar surface area (TPSA) is 42.4 Å². The molecule has 5 rings (SSSR count). The smallest absolute Gasteiger partial charge is 0.388 e. The van der Waals surface area contributed by atoms with Gasteiger partial charge in [-0.3, -0.25) is 4.98 Å². The molecule has 1 N–H and O–H groups in total. The van der Waals surface area contributed by atoms with Crippen molar-refractivity contribution < 1.29 is 23.0 Å². The van der Waals surface area contributed by atoms with Crippen molar-refractivity contribution in [3.63, 3.8) is 0 Å². The van der Waals surface area contributed by atoms with Crippen molar-refractivity contribution in [2.24, 2.45) is 17.3 Å². The number of hydrogen-bond donors (Lipinski definition) is 1. The third kappa shape index (κ3) is 5.32. The summed E-state index contributed by atoms with van der Waals surface area (Å²) in [6, 6.07) is 2.72. The molecule has 0 bridgehead atoms. The highest BCUT2D eigenvalue weighted by Crippen LogP contribution is 2.62. The summed E-state index contributed by atoms with van der Waals surface area (Å²) >= 11 is 0.762. The van der Waals surface area contributed by atoms with Crippen LogP contribution in [0.25, 0.3) is 0 Å². The first-order valence-corrected chi connectivity index (χ1v) is 15.0. The quantitative estimate of drug-likeness (QED) is 0.413. The molecular formula is C31H44F3NO2S. The molecule has 212 valence electrons. The monoisotopic (exact) mass is 551 g/mol. The lowest BCUT2D eigenvalue weighted by Crippen LogP contribution is -2.34. The first-order chi connectivity index (χ1) is 17.6. The Morgan fingerprint density at radius 2 is 1.82 bits per heavy atom. The molecule has 0 saturated heterocycles. The second-order valence-corrected chi connectivity index (χ2v) is 14.2. The van der Waals surface area contributed by atoms with Gasteiger partial charge >= 0.3 is 6.18 Å². The molecule has 4 unspecified atom stereocenters. The highest BCUT2D eigenvalue weighted by Gasteiger charge is 2.56. The van der Waals surface area contributed by atoms with Gasteiger partial charge in [0.1, 0.15) is 11.0 Å². The number of rotatable bonds is 3. The number of pyridine rings is 1. The molecule has 2 aromatic rings. The van der Waals surface area contributed by atoms with E-state index in [1.165, 1.54) is 6.42 Å². The lowest BCUT2D eigenvalue weighted by atomic mass is 9.69. The molecule has 3 heterocycles. The summed E-state index contributed by atoms with van der Waals surface area (Å²) in [5.41, 5.74) is 4.02. The summed E-state index contributed by atoms with van der Waals surface area (Å²) in [6.45, 7) is 17.3. The number of ether oxygens (including phenoxy) is 1. The molecule has 0 radical (unpaired) electrons. The van der Waals surface area contributed by atoms with Gasteiger partial charge in [0.05, 0.1) is 11.7 Å². The second-order valence-electron chi connectivity index (χ2n) is 13.0. The molecule has 3 nitrogen and oxygen atoms in total. The van der Waals surface area contributed by atoms with Crippen LogP contribution in [0.2, 0.25) is 0 Å². The Labute approximate surface area is 230 Å². The van der Waals surface area contributed by atoms with Gasteiger partial charge in [0, 0.05) is 27.4 Å². The maximum atomic E-state index is 13.4. The van der Waals surface area contributed by atoms with Crippen LogP contribution in [0.5, 0.6) is 0 Å². The third-order valence-corrected chi connectivity index (χ3v) is 9.80. The van der Waals surface area contributed by atoms with Crippen molar-refractivity contribution in [1.82, 2.24) is 4.98 Å². The van der Waals surface area contributed by atoms with Gasteiger partial charge in [-0.1, -0.05) is 61.8 Å². The maximum Gasteiger partial charge on any atom is 0.425 e. The maximum absolute atomic E-state index is 13.4. The summed E-state index contributed by atoms with van der Waals surface area (Å²) in [5.74, 6) is 1.19. The van der Waals surface area contributed by atoms with E-state index in [1.807, 2.05) is 0 Å². The van der Waals surface area contributed by atoms with Crippen LogP contribution in [-0.2, 0) is 22.9 Å². The highest BCUT2D eigenvalue weighted by atomic mass is 32.1. The Bertz CT molecular complexity index is 1150. The van der Waals surface area contributed by atoms with Gasteiger partial charge in [0.15, 0.2) is 0 Å². The molecule has 1 fully saturated rings. The molecule has 0 amide bonds. The number of aliphatic hydroxyl groups excluding tert-OH is 1. The molecule has 1 saturated carbocycles. The van der Waals surface area contributed by atoms with Crippen LogP contribution in [0.1, 0.15) is 143 Å². The summed E-state index contributed by atoms with van der Waals surface area (Å²) < 4.78 is 47.1. The van der Waals surface area contributed by atoms with Gasteiger partial charge in [-0.25, -0.2) is 0 Å². The fourth-order valence-electron chi connectivity index (χ4n) is 6.36. The Morgan fingerprint density at radius 1 is 1.16 bits per heavy atom. The number of halogens is 3. The molecule has 0 aromatic carbocycles. The molecule has 2 aliphatic carbocycles. The number of nitrogens with zero attached hydrogens (tertiary/aromatic N) is 1. The summed E-state index contributed by atoms with van der Waals surface area (Å²) in [4.78, 5) is 5.04. The van der Waals surface area contributed by atoms with Crippen LogP contribution in [0.4, 0.5) is 13.2 Å². The predicted octanol–water partition coefficient (Wildman–Crippen LogP) is 9.48. The van der Waals surface area contributed by atoms with Gasteiger partial charge in [0.25, 0.3) is 0 Å². The van der Waals surface area contributed by atoms with Crippen molar-refractivity contribution in [2.75, 3.05) is 0 Å². The number of alkyl halides is 3. The predicted molar refractivity (Wildman–Crippen MR) is 147 cm³/mol. The van der Waals surface area contributed by atoms with Crippen LogP contribution in [-0.4, -0.2) is 10.1 Å². The van der Waals surface area contributed by atoms with Crippen LogP contribution >= 0.6 is 11.3 Å². The summed E-state index contributed by atoms with van der Waals surface area (Å²) in [6.07, 6.45) is -0.0633. The molecule has 38 heavy (non-hydrogen) atoms. The zero-order valence-corrected chi connectivity index (χ0v) is 24.9. The molecule has 4 atom stereocenters. The second kappa shape index (κ2) is 10.5. The van der Waals surface area contributed by atoms with Gasteiger partial charge in [-0.05, 0) is 73.0 Å². The van der Waals surface area contributed by atoms with E-state index in [0.717, 1.165) is 77.1 Å². The Morgan fingerprint density at radius 3 is 2.32 bits per heavy atom. The standard InChI is InChI=1S/C26H32F3NO2S.C5H12/c1-13(2)22-20-21(19-15(30-22)11-24(4,5)12-16(19)31)25(10-6-7-14(25)3)32-23(20)17-8-9-18(33-17)26(27,28)29;1-4-5(2)3/h8-9,13-14,16,23,31H,6-7,10-12H2,1-5H3;5H,4H2,1-3H3. The zero-order chi connectivity index (χ0) is 28.2. The minimum absolute atomic E-state index is 0.0649. The number of fused-ring (bicyclic) bond motifs is 4. The van der Waals surface area contributed by atoms with Gasteiger partial charge < -0.3 is 9.84 Å². The van der Waals surface area contributed by atoms with Crippen LogP contribution in [0, 0.1) is 17.3 Å². The van der Waals surface area contributed by atoms with Crippen LogP contribution < -0.4 is 0 Å². The molecular weight excluding hydrogens is 507 g/mol. The zero-order valence-electron chi connectivity index (χ0n) is 24.1. The van der Waals surface area contributed by atoms with E-state index in [-0.39, 0.29) is 17.3 Å². The van der Waals surface area contributed by atoms with Crippen molar-refractivity contribution in [3.8, 4) is 0 Å². The number of hydrogen-bond acceptors (Lipinski definition) is 4. The van der Waals surface area contributed by atoms with E-state index < -0.39 is 28.9 Å². The van der Waals surface area contributed by atoms with E-state index in [1.54, 1.807) is 6.07 Å². The van der Waals surface area contributed by atoms with E-state index in [4.69, 9.17) is 9.72 Å². The Balaban J connectivity index is 0.000000617. The number of thiophene rings is 1. The van der Waals surface area contributed by atoms with Crippen molar-refractivity contribution >= 4 is 11.3 Å². The van der Waals surface area contributed by atoms with Crippen LogP contribution in [0.3, 0.4) is 0 Å². The molecule has 1 spiro atoms.